The second-order valence-electron chi connectivity index (χ2n) is 4.58. The predicted molar refractivity (Wildman–Crippen MR) is 65.0 cm³/mol. The van der Waals surface area contributed by atoms with Gasteiger partial charge in [-0.25, -0.2) is 4.39 Å². The van der Waals surface area contributed by atoms with Gasteiger partial charge in [0.05, 0.1) is 0 Å². The zero-order valence-corrected chi connectivity index (χ0v) is 9.66. The average Bonchev–Trinajstić information content (AvgIpc) is 2.81. The van der Waals surface area contributed by atoms with E-state index in [0.29, 0.717) is 5.92 Å². The van der Waals surface area contributed by atoms with Crippen LogP contribution in [0.5, 0.6) is 0 Å². The van der Waals surface area contributed by atoms with E-state index in [4.69, 9.17) is 5.73 Å². The standard InChI is InChI=1S/C13H17FN2O/c14-10-5-7-11(8-6-10)16-12(13(15)17)9-3-1-2-4-9/h5-9,12,16H,1-4H2,(H2,15,17). The zero-order chi connectivity index (χ0) is 12.3. The van der Waals surface area contributed by atoms with E-state index in [2.05, 4.69) is 5.32 Å². The van der Waals surface area contributed by atoms with Crippen LogP contribution in [0, 0.1) is 11.7 Å². The van der Waals surface area contributed by atoms with E-state index in [1.807, 2.05) is 0 Å². The van der Waals surface area contributed by atoms with Gasteiger partial charge in [-0.15, -0.1) is 0 Å². The summed E-state index contributed by atoms with van der Waals surface area (Å²) in [5, 5.41) is 3.11. The van der Waals surface area contributed by atoms with Gasteiger partial charge in [-0.1, -0.05) is 12.8 Å². The first kappa shape index (κ1) is 11.9. The highest BCUT2D eigenvalue weighted by Gasteiger charge is 2.28. The lowest BCUT2D eigenvalue weighted by Crippen LogP contribution is -2.40. The summed E-state index contributed by atoms with van der Waals surface area (Å²) in [5.74, 6) is -0.314. The minimum absolute atomic E-state index is 0.285. The third-order valence-corrected chi connectivity index (χ3v) is 3.34. The first-order valence-corrected chi connectivity index (χ1v) is 5.98. The molecule has 1 amide bonds. The van der Waals surface area contributed by atoms with Crippen LogP contribution in [0.15, 0.2) is 24.3 Å². The normalized spacial score (nSPS) is 17.9. The van der Waals surface area contributed by atoms with E-state index < -0.39 is 0 Å². The number of halogens is 1. The van der Waals surface area contributed by atoms with E-state index >= 15 is 0 Å². The van der Waals surface area contributed by atoms with Gasteiger partial charge in [0.1, 0.15) is 11.9 Å². The molecule has 0 radical (unpaired) electrons. The van der Waals surface area contributed by atoms with Crippen molar-refractivity contribution in [2.45, 2.75) is 31.7 Å². The third kappa shape index (κ3) is 2.96. The number of anilines is 1. The number of amides is 1. The number of carbonyl (C=O) groups is 1. The molecule has 1 saturated carbocycles. The molecule has 17 heavy (non-hydrogen) atoms. The minimum atomic E-state index is -0.344. The van der Waals surface area contributed by atoms with E-state index in [0.717, 1.165) is 31.4 Å². The number of benzene rings is 1. The van der Waals surface area contributed by atoms with E-state index in [9.17, 15) is 9.18 Å². The molecule has 0 aromatic heterocycles. The van der Waals surface area contributed by atoms with Crippen LogP contribution < -0.4 is 11.1 Å². The van der Waals surface area contributed by atoms with Crippen LogP contribution in [0.4, 0.5) is 10.1 Å². The Bertz CT molecular complexity index is 385. The SMILES string of the molecule is NC(=O)C(Nc1ccc(F)cc1)C1CCCC1. The second-order valence-corrected chi connectivity index (χ2v) is 4.58. The van der Waals surface area contributed by atoms with Crippen LogP contribution in [-0.2, 0) is 4.79 Å². The lowest BCUT2D eigenvalue weighted by Gasteiger charge is -2.22. The summed E-state index contributed by atoms with van der Waals surface area (Å²) in [4.78, 5) is 11.4. The molecule has 92 valence electrons. The molecule has 4 heteroatoms. The smallest absolute Gasteiger partial charge is 0.240 e. The van der Waals surface area contributed by atoms with Gasteiger partial charge in [-0.05, 0) is 43.0 Å². The van der Waals surface area contributed by atoms with Crippen molar-refractivity contribution in [3.63, 3.8) is 0 Å². The van der Waals surface area contributed by atoms with Crippen molar-refractivity contribution < 1.29 is 9.18 Å². The summed E-state index contributed by atoms with van der Waals surface area (Å²) < 4.78 is 12.8. The van der Waals surface area contributed by atoms with Crippen LogP contribution in [0.3, 0.4) is 0 Å². The Balaban J connectivity index is 2.06. The maximum atomic E-state index is 12.8. The molecule has 0 saturated heterocycles. The molecule has 1 aliphatic rings. The predicted octanol–water partition coefficient (Wildman–Crippen LogP) is 2.28. The summed E-state index contributed by atoms with van der Waals surface area (Å²) in [6.45, 7) is 0. The zero-order valence-electron chi connectivity index (χ0n) is 9.66. The third-order valence-electron chi connectivity index (χ3n) is 3.34. The second kappa shape index (κ2) is 5.17. The molecule has 0 aliphatic heterocycles. The van der Waals surface area contributed by atoms with Crippen LogP contribution in [0.25, 0.3) is 0 Å². The Hall–Kier alpha value is -1.58. The highest BCUT2D eigenvalue weighted by molar-refractivity contribution is 5.83. The number of hydrogen-bond donors (Lipinski definition) is 2. The molecule has 1 fully saturated rings. The Labute approximate surface area is 100 Å². The lowest BCUT2D eigenvalue weighted by atomic mass is 9.97. The molecule has 1 atom stereocenters. The summed E-state index contributed by atoms with van der Waals surface area (Å²) in [5.41, 5.74) is 6.16. The molecule has 1 unspecified atom stereocenters. The average molecular weight is 236 g/mol. The molecular weight excluding hydrogens is 219 g/mol. The summed E-state index contributed by atoms with van der Waals surface area (Å²) in [6.07, 6.45) is 4.36. The fraction of sp³-hybridized carbons (Fsp3) is 0.462. The molecular formula is C13H17FN2O. The highest BCUT2D eigenvalue weighted by Crippen LogP contribution is 2.29. The number of primary amides is 1. The molecule has 3 nitrogen and oxygen atoms in total. The molecule has 0 bridgehead atoms. The maximum Gasteiger partial charge on any atom is 0.240 e. The lowest BCUT2D eigenvalue weighted by molar-refractivity contribution is -0.119. The monoisotopic (exact) mass is 236 g/mol. The van der Waals surface area contributed by atoms with E-state index in [1.54, 1.807) is 12.1 Å². The van der Waals surface area contributed by atoms with Gasteiger partial charge in [0.2, 0.25) is 5.91 Å². The van der Waals surface area contributed by atoms with Crippen molar-refractivity contribution in [1.29, 1.82) is 0 Å². The Morgan fingerprint density at radius 2 is 1.88 bits per heavy atom. The highest BCUT2D eigenvalue weighted by atomic mass is 19.1. The fourth-order valence-electron chi connectivity index (χ4n) is 2.44. The van der Waals surface area contributed by atoms with Crippen LogP contribution in [0.1, 0.15) is 25.7 Å². The molecule has 0 heterocycles. The van der Waals surface area contributed by atoms with Crippen molar-refractivity contribution in [3.8, 4) is 0 Å². The van der Waals surface area contributed by atoms with Gasteiger partial charge in [0, 0.05) is 5.69 Å². The summed E-state index contributed by atoms with van der Waals surface area (Å²) >= 11 is 0. The number of hydrogen-bond acceptors (Lipinski definition) is 2. The molecule has 1 aromatic rings. The van der Waals surface area contributed by atoms with Gasteiger partial charge < -0.3 is 11.1 Å². The van der Waals surface area contributed by atoms with Crippen molar-refractivity contribution in [1.82, 2.24) is 0 Å². The molecule has 2 rings (SSSR count). The summed E-state index contributed by atoms with van der Waals surface area (Å²) in [6, 6.07) is 5.65. The quantitative estimate of drug-likeness (QED) is 0.842. The largest absolute Gasteiger partial charge is 0.373 e. The van der Waals surface area contributed by atoms with Crippen molar-refractivity contribution in [2.75, 3.05) is 5.32 Å². The molecule has 1 aromatic carbocycles. The first-order chi connectivity index (χ1) is 8.16. The minimum Gasteiger partial charge on any atom is -0.373 e. The summed E-state index contributed by atoms with van der Waals surface area (Å²) in [7, 11) is 0. The Morgan fingerprint density at radius 1 is 1.29 bits per heavy atom. The molecule has 1 aliphatic carbocycles. The number of rotatable bonds is 4. The van der Waals surface area contributed by atoms with Crippen LogP contribution in [-0.4, -0.2) is 11.9 Å². The Morgan fingerprint density at radius 3 is 2.41 bits per heavy atom. The molecule has 0 spiro atoms. The van der Waals surface area contributed by atoms with Gasteiger partial charge >= 0.3 is 0 Å². The first-order valence-electron chi connectivity index (χ1n) is 5.98. The van der Waals surface area contributed by atoms with E-state index in [-0.39, 0.29) is 17.8 Å². The van der Waals surface area contributed by atoms with Gasteiger partial charge in [0.25, 0.3) is 0 Å². The van der Waals surface area contributed by atoms with E-state index in [1.165, 1.54) is 12.1 Å². The fourth-order valence-corrected chi connectivity index (χ4v) is 2.44. The number of carbonyl (C=O) groups excluding carboxylic acids is 1. The number of nitrogens with one attached hydrogen (secondary N) is 1. The number of nitrogens with two attached hydrogens (primary N) is 1. The van der Waals surface area contributed by atoms with Crippen LogP contribution >= 0.6 is 0 Å². The van der Waals surface area contributed by atoms with Crippen molar-refractivity contribution in [3.05, 3.63) is 30.1 Å². The van der Waals surface area contributed by atoms with Crippen molar-refractivity contribution in [2.24, 2.45) is 11.7 Å². The van der Waals surface area contributed by atoms with Gasteiger partial charge in [0.15, 0.2) is 0 Å². The van der Waals surface area contributed by atoms with Gasteiger partial charge in [-0.2, -0.15) is 0 Å². The van der Waals surface area contributed by atoms with Gasteiger partial charge in [-0.3, -0.25) is 4.79 Å². The van der Waals surface area contributed by atoms with Crippen molar-refractivity contribution >= 4 is 11.6 Å². The maximum absolute atomic E-state index is 12.8. The van der Waals surface area contributed by atoms with Crippen LogP contribution in [0.2, 0.25) is 0 Å². The molecule has 3 N–H and O–H groups in total. The topological polar surface area (TPSA) is 55.1 Å². The Kier molecular flexibility index (Phi) is 3.61.